The Morgan fingerprint density at radius 2 is 1.95 bits per heavy atom. The first-order valence-corrected chi connectivity index (χ1v) is 7.19. The van der Waals surface area contributed by atoms with Crippen LogP contribution in [-0.2, 0) is 12.9 Å². The number of halogens is 1. The van der Waals surface area contributed by atoms with E-state index in [0.717, 1.165) is 23.4 Å². The maximum absolute atomic E-state index is 5.98. The number of rotatable bonds is 6. The molecule has 2 aromatic rings. The van der Waals surface area contributed by atoms with Crippen molar-refractivity contribution in [2.45, 2.75) is 26.1 Å². The molecule has 20 heavy (non-hydrogen) atoms. The lowest BCUT2D eigenvalue weighted by Crippen LogP contribution is -2.00. The number of aromatic nitrogens is 2. The number of nitrogens with zero attached hydrogens (tertiary/aromatic N) is 2. The van der Waals surface area contributed by atoms with Crippen LogP contribution in [0.1, 0.15) is 24.6 Å². The Bertz CT molecular complexity index is 581. The van der Waals surface area contributed by atoms with Crippen molar-refractivity contribution < 1.29 is 9.47 Å². The van der Waals surface area contributed by atoms with E-state index in [-0.39, 0.29) is 0 Å². The molecule has 0 N–H and O–H groups in total. The van der Waals surface area contributed by atoms with Crippen LogP contribution in [0.4, 0.5) is 0 Å². The van der Waals surface area contributed by atoms with Crippen molar-refractivity contribution in [3.63, 3.8) is 0 Å². The van der Waals surface area contributed by atoms with E-state index in [0.29, 0.717) is 24.1 Å². The third-order valence-corrected chi connectivity index (χ3v) is 3.21. The summed E-state index contributed by atoms with van der Waals surface area (Å²) in [5.41, 5.74) is 1.78. The largest absolute Gasteiger partial charge is 0.490 e. The zero-order valence-electron chi connectivity index (χ0n) is 12.0. The first kappa shape index (κ1) is 14.7. The number of hydrogen-bond donors (Lipinski definition) is 0. The monoisotopic (exact) mass is 294 g/mol. The standard InChI is InChI=1S/C15H19ClN2O2/c1-4-9-19-13-7-5-6-8-14(13)20-15-12(10-16)11(2)17-18(15)3/h5-8H,4,9-10H2,1-3H3. The number of alkyl halides is 1. The van der Waals surface area contributed by atoms with Gasteiger partial charge in [-0.05, 0) is 25.5 Å². The highest BCUT2D eigenvalue weighted by atomic mass is 35.5. The molecule has 0 saturated heterocycles. The normalized spacial score (nSPS) is 10.6. The number of hydrogen-bond acceptors (Lipinski definition) is 3. The first-order chi connectivity index (χ1) is 9.67. The minimum Gasteiger partial charge on any atom is -0.490 e. The molecule has 0 fully saturated rings. The predicted octanol–water partition coefficient (Wildman–Crippen LogP) is 4.05. The number of ether oxygens (including phenoxy) is 2. The average molecular weight is 295 g/mol. The van der Waals surface area contributed by atoms with E-state index in [1.54, 1.807) is 4.68 Å². The molecule has 5 heteroatoms. The number of benzene rings is 1. The van der Waals surface area contributed by atoms with Gasteiger partial charge in [0.1, 0.15) is 0 Å². The molecule has 0 aliphatic rings. The second-order valence-electron chi connectivity index (χ2n) is 4.52. The van der Waals surface area contributed by atoms with E-state index in [4.69, 9.17) is 21.1 Å². The molecule has 4 nitrogen and oxygen atoms in total. The highest BCUT2D eigenvalue weighted by Gasteiger charge is 2.16. The second kappa shape index (κ2) is 6.66. The Kier molecular flexibility index (Phi) is 4.90. The van der Waals surface area contributed by atoms with Gasteiger partial charge in [0.15, 0.2) is 11.5 Å². The summed E-state index contributed by atoms with van der Waals surface area (Å²) in [6.45, 7) is 4.65. The van der Waals surface area contributed by atoms with Gasteiger partial charge in [0.2, 0.25) is 5.88 Å². The van der Waals surface area contributed by atoms with Crippen LogP contribution in [0.15, 0.2) is 24.3 Å². The highest BCUT2D eigenvalue weighted by molar-refractivity contribution is 6.17. The third kappa shape index (κ3) is 3.07. The minimum absolute atomic E-state index is 0.368. The van der Waals surface area contributed by atoms with Gasteiger partial charge in [-0.3, -0.25) is 0 Å². The van der Waals surface area contributed by atoms with E-state index >= 15 is 0 Å². The summed E-state index contributed by atoms with van der Waals surface area (Å²) in [6.07, 6.45) is 0.950. The molecule has 1 aromatic heterocycles. The molecule has 0 unspecified atom stereocenters. The fraction of sp³-hybridized carbons (Fsp3) is 0.400. The molecule has 0 atom stereocenters. The molecule has 0 amide bonds. The van der Waals surface area contributed by atoms with Gasteiger partial charge >= 0.3 is 0 Å². The maximum atomic E-state index is 5.98. The Labute approximate surface area is 124 Å². The van der Waals surface area contributed by atoms with Gasteiger partial charge in [0, 0.05) is 7.05 Å². The maximum Gasteiger partial charge on any atom is 0.222 e. The van der Waals surface area contributed by atoms with Gasteiger partial charge < -0.3 is 9.47 Å². The molecule has 0 saturated carbocycles. The SMILES string of the molecule is CCCOc1ccccc1Oc1c(CCl)c(C)nn1C. The predicted molar refractivity (Wildman–Crippen MR) is 79.8 cm³/mol. The van der Waals surface area contributed by atoms with E-state index in [1.807, 2.05) is 38.2 Å². The summed E-state index contributed by atoms with van der Waals surface area (Å²) in [5.74, 6) is 2.43. The molecular formula is C15H19ClN2O2. The van der Waals surface area contributed by atoms with E-state index < -0.39 is 0 Å². The molecule has 1 aromatic carbocycles. The smallest absolute Gasteiger partial charge is 0.222 e. The van der Waals surface area contributed by atoms with Crippen molar-refractivity contribution in [2.24, 2.45) is 7.05 Å². The van der Waals surface area contributed by atoms with Crippen LogP contribution < -0.4 is 9.47 Å². The minimum atomic E-state index is 0.368. The number of aryl methyl sites for hydroxylation is 2. The van der Waals surface area contributed by atoms with Crippen molar-refractivity contribution in [1.82, 2.24) is 9.78 Å². The lowest BCUT2D eigenvalue weighted by molar-refractivity contribution is 0.298. The summed E-state index contributed by atoms with van der Waals surface area (Å²) in [6, 6.07) is 7.62. The van der Waals surface area contributed by atoms with Gasteiger partial charge in [0.25, 0.3) is 0 Å². The van der Waals surface area contributed by atoms with Gasteiger partial charge in [0.05, 0.1) is 23.7 Å². The summed E-state index contributed by atoms with van der Waals surface area (Å²) >= 11 is 5.98. The Morgan fingerprint density at radius 1 is 1.25 bits per heavy atom. The van der Waals surface area contributed by atoms with Crippen LogP contribution in [0.3, 0.4) is 0 Å². The van der Waals surface area contributed by atoms with Crippen molar-refractivity contribution in [2.75, 3.05) is 6.61 Å². The molecule has 0 aliphatic heterocycles. The van der Waals surface area contributed by atoms with Gasteiger partial charge in [-0.1, -0.05) is 19.1 Å². The van der Waals surface area contributed by atoms with E-state index in [2.05, 4.69) is 12.0 Å². The van der Waals surface area contributed by atoms with Crippen LogP contribution >= 0.6 is 11.6 Å². The van der Waals surface area contributed by atoms with E-state index in [1.165, 1.54) is 0 Å². The second-order valence-corrected chi connectivity index (χ2v) is 4.79. The van der Waals surface area contributed by atoms with Crippen LogP contribution in [0, 0.1) is 6.92 Å². The molecule has 0 spiro atoms. The molecule has 108 valence electrons. The van der Waals surface area contributed by atoms with Crippen LogP contribution in [0.25, 0.3) is 0 Å². The summed E-state index contributed by atoms with van der Waals surface area (Å²) in [7, 11) is 1.84. The summed E-state index contributed by atoms with van der Waals surface area (Å²) in [5, 5.41) is 4.34. The molecule has 2 rings (SSSR count). The average Bonchev–Trinajstić information content (AvgIpc) is 2.71. The Morgan fingerprint density at radius 3 is 2.60 bits per heavy atom. The zero-order valence-corrected chi connectivity index (χ0v) is 12.8. The fourth-order valence-corrected chi connectivity index (χ4v) is 2.24. The lowest BCUT2D eigenvalue weighted by atomic mass is 10.3. The quantitative estimate of drug-likeness (QED) is 0.754. The van der Waals surface area contributed by atoms with Gasteiger partial charge in [-0.15, -0.1) is 11.6 Å². The molecule has 0 aliphatic carbocycles. The Hall–Kier alpha value is -1.68. The summed E-state index contributed by atoms with van der Waals surface area (Å²) < 4.78 is 13.4. The van der Waals surface area contributed by atoms with Crippen LogP contribution in [-0.4, -0.2) is 16.4 Å². The zero-order chi connectivity index (χ0) is 14.5. The van der Waals surface area contributed by atoms with Crippen LogP contribution in [0.2, 0.25) is 0 Å². The van der Waals surface area contributed by atoms with Crippen LogP contribution in [0.5, 0.6) is 17.4 Å². The molecule has 1 heterocycles. The third-order valence-electron chi connectivity index (χ3n) is 2.94. The van der Waals surface area contributed by atoms with Gasteiger partial charge in [-0.25, -0.2) is 4.68 Å². The van der Waals surface area contributed by atoms with Crippen molar-refractivity contribution >= 4 is 11.6 Å². The van der Waals surface area contributed by atoms with Crippen molar-refractivity contribution in [3.05, 3.63) is 35.5 Å². The molecular weight excluding hydrogens is 276 g/mol. The van der Waals surface area contributed by atoms with Crippen molar-refractivity contribution in [1.29, 1.82) is 0 Å². The first-order valence-electron chi connectivity index (χ1n) is 6.65. The fourth-order valence-electron chi connectivity index (χ4n) is 1.93. The summed E-state index contributed by atoms with van der Waals surface area (Å²) in [4.78, 5) is 0. The topological polar surface area (TPSA) is 36.3 Å². The molecule has 0 bridgehead atoms. The van der Waals surface area contributed by atoms with Crippen molar-refractivity contribution in [3.8, 4) is 17.4 Å². The lowest BCUT2D eigenvalue weighted by Gasteiger charge is -2.12. The number of para-hydroxylation sites is 2. The van der Waals surface area contributed by atoms with Gasteiger partial charge in [-0.2, -0.15) is 5.10 Å². The Balaban J connectivity index is 2.30. The molecule has 0 radical (unpaired) electrons. The van der Waals surface area contributed by atoms with E-state index in [9.17, 15) is 0 Å². The highest BCUT2D eigenvalue weighted by Crippen LogP contribution is 2.34.